The molecule has 1 fully saturated rings. The molecule has 1 aromatic carbocycles. The molecule has 1 saturated heterocycles. The highest BCUT2D eigenvalue weighted by Gasteiger charge is 2.31. The molecule has 1 aliphatic heterocycles. The van der Waals surface area contributed by atoms with Crippen molar-refractivity contribution in [2.45, 2.75) is 44.9 Å². The van der Waals surface area contributed by atoms with Gasteiger partial charge in [0.1, 0.15) is 0 Å². The van der Waals surface area contributed by atoms with Gasteiger partial charge in [0.2, 0.25) is 0 Å². The first-order chi connectivity index (χ1) is 8.02. The summed E-state index contributed by atoms with van der Waals surface area (Å²) in [7, 11) is 0. The fourth-order valence-electron chi connectivity index (χ4n) is 2.52. The van der Waals surface area contributed by atoms with Gasteiger partial charge in [0.25, 0.3) is 0 Å². The third-order valence-electron chi connectivity index (χ3n) is 3.48. The number of hydrogen-bond donors (Lipinski definition) is 0. The molecule has 1 heterocycles. The minimum absolute atomic E-state index is 0.225. The number of rotatable bonds is 2. The molecule has 0 aromatic heterocycles. The summed E-state index contributed by atoms with van der Waals surface area (Å²) in [5, 5.41) is 0. The molecule has 0 N–H and O–H groups in total. The minimum atomic E-state index is 0.225. The highest BCUT2D eigenvalue weighted by Crippen LogP contribution is 2.40. The SMILES string of the molecule is CC(C)c1ccccc1N1CCCSC1(C)C. The summed E-state index contributed by atoms with van der Waals surface area (Å²) < 4.78 is 0. The van der Waals surface area contributed by atoms with E-state index in [1.54, 1.807) is 0 Å². The maximum atomic E-state index is 2.58. The molecule has 1 aromatic rings. The van der Waals surface area contributed by atoms with Crippen LogP contribution >= 0.6 is 11.8 Å². The molecule has 0 spiro atoms. The average molecular weight is 249 g/mol. The van der Waals surface area contributed by atoms with Gasteiger partial charge >= 0.3 is 0 Å². The smallest absolute Gasteiger partial charge is 0.0804 e. The van der Waals surface area contributed by atoms with Crippen molar-refractivity contribution in [2.24, 2.45) is 0 Å². The lowest BCUT2D eigenvalue weighted by atomic mass is 9.99. The van der Waals surface area contributed by atoms with Gasteiger partial charge in [-0.25, -0.2) is 0 Å². The van der Waals surface area contributed by atoms with Crippen LogP contribution in [0.15, 0.2) is 24.3 Å². The van der Waals surface area contributed by atoms with Crippen molar-refractivity contribution in [3.8, 4) is 0 Å². The second kappa shape index (κ2) is 4.93. The van der Waals surface area contributed by atoms with Gasteiger partial charge in [-0.15, -0.1) is 11.8 Å². The van der Waals surface area contributed by atoms with Crippen LogP contribution in [-0.2, 0) is 0 Å². The molecule has 1 aliphatic rings. The van der Waals surface area contributed by atoms with E-state index in [9.17, 15) is 0 Å². The van der Waals surface area contributed by atoms with E-state index in [4.69, 9.17) is 0 Å². The van der Waals surface area contributed by atoms with Crippen molar-refractivity contribution in [1.29, 1.82) is 0 Å². The van der Waals surface area contributed by atoms with Gasteiger partial charge in [0.15, 0.2) is 0 Å². The Balaban J connectivity index is 2.38. The van der Waals surface area contributed by atoms with Crippen molar-refractivity contribution in [2.75, 3.05) is 17.2 Å². The van der Waals surface area contributed by atoms with Crippen LogP contribution in [0.4, 0.5) is 5.69 Å². The lowest BCUT2D eigenvalue weighted by Gasteiger charge is -2.44. The van der Waals surface area contributed by atoms with E-state index >= 15 is 0 Å². The predicted molar refractivity (Wildman–Crippen MR) is 79.0 cm³/mol. The normalized spacial score (nSPS) is 19.7. The van der Waals surface area contributed by atoms with Crippen LogP contribution in [0, 0.1) is 0 Å². The van der Waals surface area contributed by atoms with Gasteiger partial charge in [-0.1, -0.05) is 32.0 Å². The molecule has 0 bridgehead atoms. The Labute approximate surface area is 110 Å². The Morgan fingerprint density at radius 3 is 2.59 bits per heavy atom. The summed E-state index contributed by atoms with van der Waals surface area (Å²) in [5.74, 6) is 1.88. The molecule has 0 radical (unpaired) electrons. The quantitative estimate of drug-likeness (QED) is 0.760. The summed E-state index contributed by atoms with van der Waals surface area (Å²) >= 11 is 2.07. The number of thioether (sulfide) groups is 1. The third-order valence-corrected chi connectivity index (χ3v) is 4.90. The summed E-state index contributed by atoms with van der Waals surface area (Å²) in [6.45, 7) is 10.4. The van der Waals surface area contributed by atoms with Gasteiger partial charge in [0.05, 0.1) is 4.87 Å². The largest absolute Gasteiger partial charge is 0.357 e. The van der Waals surface area contributed by atoms with Crippen molar-refractivity contribution < 1.29 is 0 Å². The van der Waals surface area contributed by atoms with Crippen LogP contribution in [0.2, 0.25) is 0 Å². The Hall–Kier alpha value is -0.630. The predicted octanol–water partition coefficient (Wildman–Crippen LogP) is 4.49. The Morgan fingerprint density at radius 1 is 1.24 bits per heavy atom. The van der Waals surface area contributed by atoms with E-state index in [2.05, 4.69) is 68.6 Å². The topological polar surface area (TPSA) is 3.24 Å². The number of anilines is 1. The average Bonchev–Trinajstić information content (AvgIpc) is 2.28. The van der Waals surface area contributed by atoms with Crippen LogP contribution in [-0.4, -0.2) is 17.2 Å². The Kier molecular flexibility index (Phi) is 3.72. The second-order valence-corrected chi connectivity index (χ2v) is 7.21. The van der Waals surface area contributed by atoms with Gasteiger partial charge < -0.3 is 4.90 Å². The minimum Gasteiger partial charge on any atom is -0.357 e. The first-order valence-corrected chi connectivity index (χ1v) is 7.51. The molecule has 1 nitrogen and oxygen atoms in total. The van der Waals surface area contributed by atoms with Crippen LogP contribution in [0.5, 0.6) is 0 Å². The van der Waals surface area contributed by atoms with Crippen molar-refractivity contribution in [3.63, 3.8) is 0 Å². The van der Waals surface area contributed by atoms with E-state index in [1.165, 1.54) is 30.0 Å². The summed E-state index contributed by atoms with van der Waals surface area (Å²) in [6, 6.07) is 8.87. The zero-order valence-electron chi connectivity index (χ0n) is 11.4. The first-order valence-electron chi connectivity index (χ1n) is 6.53. The van der Waals surface area contributed by atoms with E-state index in [1.807, 2.05) is 0 Å². The molecule has 94 valence electrons. The molecular formula is C15H23NS. The molecule has 2 heteroatoms. The molecule has 0 amide bonds. The van der Waals surface area contributed by atoms with E-state index in [-0.39, 0.29) is 4.87 Å². The molecule has 17 heavy (non-hydrogen) atoms. The van der Waals surface area contributed by atoms with Crippen molar-refractivity contribution in [3.05, 3.63) is 29.8 Å². The maximum Gasteiger partial charge on any atom is 0.0804 e. The van der Waals surface area contributed by atoms with Crippen LogP contribution in [0.1, 0.15) is 45.6 Å². The maximum absolute atomic E-state index is 2.58. The highest BCUT2D eigenvalue weighted by atomic mass is 32.2. The zero-order valence-corrected chi connectivity index (χ0v) is 12.2. The molecule has 2 rings (SSSR count). The molecule has 0 atom stereocenters. The lowest BCUT2D eigenvalue weighted by molar-refractivity contribution is 0.601. The molecule has 0 saturated carbocycles. The van der Waals surface area contributed by atoms with Crippen LogP contribution < -0.4 is 4.90 Å². The van der Waals surface area contributed by atoms with Crippen molar-refractivity contribution in [1.82, 2.24) is 0 Å². The number of nitrogens with zero attached hydrogens (tertiary/aromatic N) is 1. The standard InChI is InChI=1S/C15H23NS/c1-12(2)13-8-5-6-9-14(13)16-10-7-11-17-15(16,3)4/h5-6,8-9,12H,7,10-11H2,1-4H3. The van der Waals surface area contributed by atoms with E-state index < -0.39 is 0 Å². The van der Waals surface area contributed by atoms with Gasteiger partial charge in [-0.2, -0.15) is 0 Å². The Morgan fingerprint density at radius 2 is 1.94 bits per heavy atom. The van der Waals surface area contributed by atoms with Crippen LogP contribution in [0.25, 0.3) is 0 Å². The molecule has 0 unspecified atom stereocenters. The molecular weight excluding hydrogens is 226 g/mol. The zero-order chi connectivity index (χ0) is 12.5. The summed E-state index contributed by atoms with van der Waals surface area (Å²) in [6.07, 6.45) is 1.29. The third kappa shape index (κ3) is 2.62. The second-order valence-electron chi connectivity index (χ2n) is 5.51. The fourth-order valence-corrected chi connectivity index (χ4v) is 3.64. The van der Waals surface area contributed by atoms with Gasteiger partial charge in [0, 0.05) is 12.2 Å². The van der Waals surface area contributed by atoms with Crippen LogP contribution in [0.3, 0.4) is 0 Å². The first kappa shape index (κ1) is 12.8. The lowest BCUT2D eigenvalue weighted by Crippen LogP contribution is -2.46. The monoisotopic (exact) mass is 249 g/mol. The summed E-state index contributed by atoms with van der Waals surface area (Å²) in [5.41, 5.74) is 2.91. The fraction of sp³-hybridized carbons (Fsp3) is 0.600. The Bertz CT molecular complexity index is 384. The van der Waals surface area contributed by atoms with Gasteiger partial charge in [-0.05, 0) is 43.6 Å². The number of hydrogen-bond acceptors (Lipinski definition) is 2. The summed E-state index contributed by atoms with van der Waals surface area (Å²) in [4.78, 5) is 2.81. The van der Waals surface area contributed by atoms with Gasteiger partial charge in [-0.3, -0.25) is 0 Å². The highest BCUT2D eigenvalue weighted by molar-refractivity contribution is 8.00. The number of benzene rings is 1. The van der Waals surface area contributed by atoms with E-state index in [0.717, 1.165) is 0 Å². The van der Waals surface area contributed by atoms with Crippen molar-refractivity contribution >= 4 is 17.4 Å². The van der Waals surface area contributed by atoms with E-state index in [0.29, 0.717) is 5.92 Å². The molecule has 0 aliphatic carbocycles. The number of para-hydroxylation sites is 1.